The summed E-state index contributed by atoms with van der Waals surface area (Å²) >= 11 is 5.96. The van der Waals surface area contributed by atoms with Gasteiger partial charge in [0.2, 0.25) is 0 Å². The zero-order chi connectivity index (χ0) is 24.8. The number of carbonyl (C=O) groups excluding carboxylic acids is 3. The average Bonchev–Trinajstić information content (AvgIpc) is 2.77. The molecule has 1 aromatic carbocycles. The molecule has 3 N–H and O–H groups in total. The van der Waals surface area contributed by atoms with E-state index >= 15 is 0 Å². The van der Waals surface area contributed by atoms with Crippen molar-refractivity contribution in [2.24, 2.45) is 0 Å². The zero-order valence-corrected chi connectivity index (χ0v) is 19.1. The van der Waals surface area contributed by atoms with Gasteiger partial charge in [-0.2, -0.15) is 4.90 Å². The highest BCUT2D eigenvalue weighted by atomic mass is 35.5. The number of pyridine rings is 1. The van der Waals surface area contributed by atoms with Crippen LogP contribution in [0.2, 0.25) is 5.15 Å². The van der Waals surface area contributed by atoms with Gasteiger partial charge < -0.3 is 25.2 Å². The fraction of sp³-hybridized carbons (Fsp3) is 0.333. The summed E-state index contributed by atoms with van der Waals surface area (Å²) in [6, 6.07) is 7.39. The van der Waals surface area contributed by atoms with Crippen molar-refractivity contribution in [3.8, 4) is 0 Å². The number of amides is 3. The summed E-state index contributed by atoms with van der Waals surface area (Å²) in [5.74, 6) is -0.632. The number of aliphatic hydroxyl groups is 1. The standard InChI is InChI=1S/C21H24ClFN4O6/c1-21(2,31)16(23)11-25-18(28)14-10-24-17(22)9-15(14)26-12-5-7-13(8-6-12)27(19(29)32-3)20(30)33-4/h5-10,16,31H,11H2,1-4H3,(H,24,26)(H,25,28)/t16-/m1/s1. The van der Waals surface area contributed by atoms with Gasteiger partial charge in [0, 0.05) is 11.9 Å². The fourth-order valence-corrected chi connectivity index (χ4v) is 2.72. The number of carbonyl (C=O) groups is 3. The highest BCUT2D eigenvalue weighted by molar-refractivity contribution is 6.29. The van der Waals surface area contributed by atoms with E-state index in [0.717, 1.165) is 14.2 Å². The van der Waals surface area contributed by atoms with Crippen LogP contribution in [0.25, 0.3) is 0 Å². The molecule has 1 heterocycles. The Kier molecular flexibility index (Phi) is 8.55. The Morgan fingerprint density at radius 2 is 1.76 bits per heavy atom. The van der Waals surface area contributed by atoms with Gasteiger partial charge in [-0.15, -0.1) is 0 Å². The minimum Gasteiger partial charge on any atom is -0.452 e. The third-order valence-electron chi connectivity index (χ3n) is 4.44. The molecule has 0 aliphatic rings. The number of methoxy groups -OCH3 is 2. The van der Waals surface area contributed by atoms with E-state index in [1.165, 1.54) is 50.4 Å². The minimum atomic E-state index is -1.68. The highest BCUT2D eigenvalue weighted by Crippen LogP contribution is 2.26. The third kappa shape index (κ3) is 6.77. The molecule has 2 aromatic rings. The van der Waals surface area contributed by atoms with Crippen LogP contribution in [0.1, 0.15) is 24.2 Å². The number of hydrogen-bond acceptors (Lipinski definition) is 8. The van der Waals surface area contributed by atoms with Crippen LogP contribution in [0.15, 0.2) is 36.5 Å². The highest BCUT2D eigenvalue weighted by Gasteiger charge is 2.27. The molecule has 12 heteroatoms. The number of hydrogen-bond donors (Lipinski definition) is 3. The first-order chi connectivity index (χ1) is 15.5. The van der Waals surface area contributed by atoms with Gasteiger partial charge in [-0.05, 0) is 44.2 Å². The lowest BCUT2D eigenvalue weighted by Gasteiger charge is -2.22. The van der Waals surface area contributed by atoms with Crippen molar-refractivity contribution in [2.75, 3.05) is 31.0 Å². The summed E-state index contributed by atoms with van der Waals surface area (Å²) in [5, 5.41) is 15.2. The molecule has 1 aromatic heterocycles. The van der Waals surface area contributed by atoms with Gasteiger partial charge in [0.1, 0.15) is 11.3 Å². The molecule has 33 heavy (non-hydrogen) atoms. The van der Waals surface area contributed by atoms with Crippen LogP contribution in [0.3, 0.4) is 0 Å². The summed E-state index contributed by atoms with van der Waals surface area (Å²) < 4.78 is 23.2. The average molecular weight is 483 g/mol. The normalized spacial score (nSPS) is 11.8. The number of aromatic nitrogens is 1. The maximum absolute atomic E-state index is 14.0. The van der Waals surface area contributed by atoms with Crippen molar-refractivity contribution in [1.82, 2.24) is 10.3 Å². The first-order valence-electron chi connectivity index (χ1n) is 9.61. The Balaban J connectivity index is 2.23. The van der Waals surface area contributed by atoms with Crippen LogP contribution >= 0.6 is 11.6 Å². The van der Waals surface area contributed by atoms with Crippen LogP contribution in [0.5, 0.6) is 0 Å². The molecule has 0 unspecified atom stereocenters. The summed E-state index contributed by atoms with van der Waals surface area (Å²) in [5.41, 5.74) is -0.597. The minimum absolute atomic E-state index is 0.0807. The largest absolute Gasteiger partial charge is 0.452 e. The number of alkyl halides is 1. The summed E-state index contributed by atoms with van der Waals surface area (Å²) in [6.07, 6.45) is -2.32. The van der Waals surface area contributed by atoms with Crippen LogP contribution < -0.4 is 15.5 Å². The predicted molar refractivity (Wildman–Crippen MR) is 120 cm³/mol. The number of ether oxygens (including phenoxy) is 2. The first-order valence-corrected chi connectivity index (χ1v) is 9.99. The summed E-state index contributed by atoms with van der Waals surface area (Å²) in [7, 11) is 2.25. The number of anilines is 3. The molecular weight excluding hydrogens is 459 g/mol. The Labute approximate surface area is 194 Å². The maximum atomic E-state index is 14.0. The van der Waals surface area contributed by atoms with E-state index in [1.54, 1.807) is 0 Å². The van der Waals surface area contributed by atoms with Crippen molar-refractivity contribution >= 4 is 46.8 Å². The Bertz CT molecular complexity index is 997. The molecule has 0 radical (unpaired) electrons. The van der Waals surface area contributed by atoms with Crippen LogP contribution in [0, 0.1) is 0 Å². The number of benzene rings is 1. The van der Waals surface area contributed by atoms with Gasteiger partial charge in [-0.25, -0.2) is 19.0 Å². The molecule has 2 rings (SSSR count). The molecule has 3 amide bonds. The van der Waals surface area contributed by atoms with Gasteiger partial charge in [0.25, 0.3) is 5.91 Å². The van der Waals surface area contributed by atoms with Crippen LogP contribution in [-0.2, 0) is 9.47 Å². The molecule has 0 saturated carbocycles. The molecule has 0 aliphatic carbocycles. The summed E-state index contributed by atoms with van der Waals surface area (Å²) in [4.78, 5) is 40.9. The fourth-order valence-electron chi connectivity index (χ4n) is 2.56. The number of halogens is 2. The van der Waals surface area contributed by atoms with E-state index < -0.39 is 36.4 Å². The van der Waals surface area contributed by atoms with Crippen molar-refractivity contribution in [1.29, 1.82) is 0 Å². The monoisotopic (exact) mass is 482 g/mol. The molecular formula is C21H24ClFN4O6. The van der Waals surface area contributed by atoms with Crippen LogP contribution in [0.4, 0.5) is 31.0 Å². The van der Waals surface area contributed by atoms with Crippen molar-refractivity contribution < 1.29 is 33.4 Å². The summed E-state index contributed by atoms with van der Waals surface area (Å²) in [6.45, 7) is 2.19. The van der Waals surface area contributed by atoms with Crippen molar-refractivity contribution in [3.63, 3.8) is 0 Å². The lowest BCUT2D eigenvalue weighted by molar-refractivity contribution is -0.00178. The lowest BCUT2D eigenvalue weighted by Crippen LogP contribution is -2.42. The SMILES string of the molecule is COC(=O)N(C(=O)OC)c1ccc(Nc2cc(Cl)ncc2C(=O)NC[C@@H](F)C(C)(C)O)cc1. The van der Waals surface area contributed by atoms with Gasteiger partial charge in [0.15, 0.2) is 0 Å². The van der Waals surface area contributed by atoms with E-state index in [-0.39, 0.29) is 22.1 Å². The van der Waals surface area contributed by atoms with E-state index in [1.807, 2.05) is 0 Å². The van der Waals surface area contributed by atoms with E-state index in [2.05, 4.69) is 25.1 Å². The van der Waals surface area contributed by atoms with E-state index in [9.17, 15) is 23.9 Å². The zero-order valence-electron chi connectivity index (χ0n) is 18.4. The predicted octanol–water partition coefficient (Wildman–Crippen LogP) is 3.66. The molecule has 0 bridgehead atoms. The Morgan fingerprint density at radius 3 is 2.27 bits per heavy atom. The maximum Gasteiger partial charge on any atom is 0.423 e. The Hall–Kier alpha value is -3.44. The van der Waals surface area contributed by atoms with Crippen molar-refractivity contribution in [2.45, 2.75) is 25.6 Å². The molecule has 1 atom stereocenters. The number of imide groups is 1. The molecule has 0 fully saturated rings. The quantitative estimate of drug-likeness (QED) is 0.510. The number of nitrogens with zero attached hydrogens (tertiary/aromatic N) is 2. The molecule has 0 saturated heterocycles. The second kappa shape index (κ2) is 10.9. The van der Waals surface area contributed by atoms with Gasteiger partial charge in [-0.3, -0.25) is 4.79 Å². The van der Waals surface area contributed by atoms with Gasteiger partial charge >= 0.3 is 12.2 Å². The van der Waals surface area contributed by atoms with Crippen LogP contribution in [-0.4, -0.2) is 60.7 Å². The third-order valence-corrected chi connectivity index (χ3v) is 4.65. The van der Waals surface area contributed by atoms with E-state index in [4.69, 9.17) is 11.6 Å². The van der Waals surface area contributed by atoms with Gasteiger partial charge in [0.05, 0.1) is 43.3 Å². The number of rotatable bonds is 7. The van der Waals surface area contributed by atoms with Gasteiger partial charge in [-0.1, -0.05) is 11.6 Å². The van der Waals surface area contributed by atoms with E-state index in [0.29, 0.717) is 10.6 Å². The van der Waals surface area contributed by atoms with Crippen molar-refractivity contribution in [3.05, 3.63) is 47.2 Å². The second-order valence-corrected chi connectivity index (χ2v) is 7.72. The molecule has 0 spiro atoms. The second-order valence-electron chi connectivity index (χ2n) is 7.33. The Morgan fingerprint density at radius 1 is 1.18 bits per heavy atom. The smallest absolute Gasteiger partial charge is 0.423 e. The number of nitrogens with one attached hydrogen (secondary N) is 2. The first kappa shape index (κ1) is 25.8. The molecule has 178 valence electrons. The topological polar surface area (TPSA) is 130 Å². The lowest BCUT2D eigenvalue weighted by atomic mass is 10.0. The molecule has 10 nitrogen and oxygen atoms in total. The molecule has 0 aliphatic heterocycles.